The maximum atomic E-state index is 12.9. The van der Waals surface area contributed by atoms with Crippen LogP contribution in [0.2, 0.25) is 0 Å². The first-order valence-corrected chi connectivity index (χ1v) is 8.28. The molecule has 1 aliphatic heterocycles. The molecule has 4 N–H and O–H groups in total. The van der Waals surface area contributed by atoms with Crippen molar-refractivity contribution in [2.24, 2.45) is 0 Å². The summed E-state index contributed by atoms with van der Waals surface area (Å²) in [6.45, 7) is 1.48. The van der Waals surface area contributed by atoms with E-state index in [1.165, 1.54) is 15.3 Å². The number of imidazole rings is 1. The van der Waals surface area contributed by atoms with E-state index in [-0.39, 0.29) is 18.0 Å². The quantitative estimate of drug-likeness (QED) is 0.663. The lowest BCUT2D eigenvalue weighted by molar-refractivity contribution is -0.0797. The van der Waals surface area contributed by atoms with Crippen molar-refractivity contribution in [2.75, 3.05) is 12.4 Å². The number of aryl methyl sites for hydroxylation is 1. The molecule has 0 unspecified atom stereocenters. The van der Waals surface area contributed by atoms with Crippen molar-refractivity contribution >= 4 is 17.1 Å². The van der Waals surface area contributed by atoms with Gasteiger partial charge in [-0.1, -0.05) is 13.3 Å². The predicted molar refractivity (Wildman–Crippen MR) is 87.6 cm³/mol. The molecule has 138 valence electrons. The number of aliphatic hydroxyl groups excluding tert-OH is 2. The smallest absolute Gasteiger partial charge is 0.332 e. The van der Waals surface area contributed by atoms with Crippen LogP contribution in [0, 0.1) is 0 Å². The number of hydrogen-bond donors (Lipinski definition) is 3. The number of nitrogens with two attached hydrogens (primary N) is 1. The third kappa shape index (κ3) is 3.12. The van der Waals surface area contributed by atoms with Gasteiger partial charge in [0.2, 0.25) is 5.95 Å². The minimum atomic E-state index is -1.36. The monoisotopic (exact) mass is 355 g/mol. The van der Waals surface area contributed by atoms with Gasteiger partial charge in [-0.25, -0.2) is 18.7 Å². The van der Waals surface area contributed by atoms with Crippen molar-refractivity contribution in [1.82, 2.24) is 19.1 Å². The molecule has 0 bridgehead atoms. The van der Waals surface area contributed by atoms with Gasteiger partial charge >= 0.3 is 5.69 Å². The van der Waals surface area contributed by atoms with Gasteiger partial charge in [-0.05, 0) is 6.42 Å². The molecule has 0 radical (unpaired) electrons. The van der Waals surface area contributed by atoms with E-state index in [0.717, 1.165) is 12.8 Å². The molecule has 0 aliphatic carbocycles. The SMILES string of the molecule is CCCCn1c(=O)n([C@@H]2O[C@H]([C@@H](O)CF)C[C@H]2O)c2nc(N)ncc21. The first kappa shape index (κ1) is 17.8. The maximum absolute atomic E-state index is 12.9. The van der Waals surface area contributed by atoms with Crippen molar-refractivity contribution in [2.45, 2.75) is 57.3 Å². The number of aliphatic hydroxyl groups is 2. The van der Waals surface area contributed by atoms with E-state index in [0.29, 0.717) is 12.1 Å². The maximum Gasteiger partial charge on any atom is 0.332 e. The zero-order valence-corrected chi connectivity index (χ0v) is 13.9. The molecule has 0 spiro atoms. The number of unbranched alkanes of at least 4 members (excludes halogenated alkanes) is 1. The van der Waals surface area contributed by atoms with Crippen LogP contribution in [0.25, 0.3) is 11.2 Å². The molecule has 2 aromatic rings. The van der Waals surface area contributed by atoms with E-state index in [2.05, 4.69) is 9.97 Å². The van der Waals surface area contributed by atoms with Crippen LogP contribution in [0.15, 0.2) is 11.0 Å². The number of nitrogens with zero attached hydrogens (tertiary/aromatic N) is 4. The van der Waals surface area contributed by atoms with Gasteiger partial charge in [0.05, 0.1) is 12.3 Å². The third-order valence-electron chi connectivity index (χ3n) is 4.42. The number of halogens is 1. The number of hydrogen-bond acceptors (Lipinski definition) is 7. The molecule has 0 aromatic carbocycles. The molecular weight excluding hydrogens is 333 g/mol. The summed E-state index contributed by atoms with van der Waals surface area (Å²) in [5, 5.41) is 19.9. The van der Waals surface area contributed by atoms with Crippen molar-refractivity contribution in [3.05, 3.63) is 16.7 Å². The number of anilines is 1. The van der Waals surface area contributed by atoms with Gasteiger partial charge in [0.15, 0.2) is 11.9 Å². The minimum Gasteiger partial charge on any atom is -0.388 e. The first-order chi connectivity index (χ1) is 12.0. The molecular formula is C15H22FN5O4. The fourth-order valence-corrected chi connectivity index (χ4v) is 3.09. The molecule has 1 fully saturated rings. The van der Waals surface area contributed by atoms with Crippen molar-refractivity contribution in [3.8, 4) is 0 Å². The molecule has 1 aliphatic rings. The molecule has 9 nitrogen and oxygen atoms in total. The number of fused-ring (bicyclic) bond motifs is 1. The number of ether oxygens (including phenoxy) is 1. The molecule has 25 heavy (non-hydrogen) atoms. The molecule has 1 saturated heterocycles. The largest absolute Gasteiger partial charge is 0.388 e. The number of aromatic nitrogens is 4. The zero-order valence-electron chi connectivity index (χ0n) is 13.9. The highest BCUT2D eigenvalue weighted by Crippen LogP contribution is 2.32. The fourth-order valence-electron chi connectivity index (χ4n) is 3.09. The average Bonchev–Trinajstić information content (AvgIpc) is 3.09. The van der Waals surface area contributed by atoms with E-state index in [1.807, 2.05) is 6.92 Å². The summed E-state index contributed by atoms with van der Waals surface area (Å²) in [6.07, 6.45) is -1.26. The molecule has 3 rings (SSSR count). The van der Waals surface area contributed by atoms with Crippen LogP contribution in [-0.4, -0.2) is 54.3 Å². The normalized spacial score (nSPS) is 24.9. The van der Waals surface area contributed by atoms with E-state index in [4.69, 9.17) is 10.5 Å². The summed E-state index contributed by atoms with van der Waals surface area (Å²) in [7, 11) is 0. The number of rotatable bonds is 6. The molecule has 10 heteroatoms. The second kappa shape index (κ2) is 7.06. The van der Waals surface area contributed by atoms with E-state index >= 15 is 0 Å². The van der Waals surface area contributed by atoms with Crippen molar-refractivity contribution in [1.29, 1.82) is 0 Å². The Bertz CT molecular complexity index is 807. The predicted octanol–water partition coefficient (Wildman–Crippen LogP) is -0.0459. The summed E-state index contributed by atoms with van der Waals surface area (Å²) in [4.78, 5) is 20.9. The highest BCUT2D eigenvalue weighted by atomic mass is 19.1. The van der Waals surface area contributed by atoms with Gasteiger partial charge in [-0.3, -0.25) is 4.57 Å². The van der Waals surface area contributed by atoms with Crippen LogP contribution < -0.4 is 11.4 Å². The lowest BCUT2D eigenvalue weighted by Crippen LogP contribution is -2.32. The highest BCUT2D eigenvalue weighted by molar-refractivity contribution is 5.71. The van der Waals surface area contributed by atoms with Gasteiger partial charge < -0.3 is 20.7 Å². The Balaban J connectivity index is 2.08. The summed E-state index contributed by atoms with van der Waals surface area (Å²) < 4.78 is 21.0. The first-order valence-electron chi connectivity index (χ1n) is 8.28. The summed E-state index contributed by atoms with van der Waals surface area (Å²) in [6, 6.07) is 0. The lowest BCUT2D eigenvalue weighted by Gasteiger charge is -2.17. The average molecular weight is 355 g/mol. The number of alkyl halides is 1. The highest BCUT2D eigenvalue weighted by Gasteiger charge is 2.41. The van der Waals surface area contributed by atoms with E-state index in [9.17, 15) is 19.4 Å². The van der Waals surface area contributed by atoms with Crippen molar-refractivity contribution < 1.29 is 19.3 Å². The van der Waals surface area contributed by atoms with E-state index in [1.54, 1.807) is 0 Å². The van der Waals surface area contributed by atoms with Crippen molar-refractivity contribution in [3.63, 3.8) is 0 Å². The van der Waals surface area contributed by atoms with E-state index < -0.39 is 36.9 Å². The van der Waals surface area contributed by atoms with Crippen LogP contribution in [0.5, 0.6) is 0 Å². The number of nitrogen functional groups attached to an aromatic ring is 1. The summed E-state index contributed by atoms with van der Waals surface area (Å²) in [5.41, 5.74) is 5.96. The third-order valence-corrected chi connectivity index (χ3v) is 4.42. The van der Waals surface area contributed by atoms with Crippen LogP contribution in [0.3, 0.4) is 0 Å². The molecule has 4 atom stereocenters. The van der Waals surface area contributed by atoms with Crippen LogP contribution in [0.4, 0.5) is 10.3 Å². The molecule has 3 heterocycles. The molecule has 0 saturated carbocycles. The minimum absolute atomic E-state index is 0.0123. The van der Waals surface area contributed by atoms with Gasteiger partial charge in [0, 0.05) is 13.0 Å². The van der Waals surface area contributed by atoms with Gasteiger partial charge in [-0.15, -0.1) is 0 Å². The Morgan fingerprint density at radius 3 is 3.00 bits per heavy atom. The Labute approximate surface area is 142 Å². The second-order valence-electron chi connectivity index (χ2n) is 6.18. The Morgan fingerprint density at radius 2 is 2.32 bits per heavy atom. The summed E-state index contributed by atoms with van der Waals surface area (Å²) in [5.74, 6) is -0.0123. The van der Waals surface area contributed by atoms with Gasteiger partial charge in [0.1, 0.15) is 24.4 Å². The topological polar surface area (TPSA) is 128 Å². The van der Waals surface area contributed by atoms with Gasteiger partial charge in [0.25, 0.3) is 0 Å². The second-order valence-corrected chi connectivity index (χ2v) is 6.18. The zero-order chi connectivity index (χ0) is 18.1. The Hall–Kier alpha value is -2.04. The lowest BCUT2D eigenvalue weighted by atomic mass is 10.1. The van der Waals surface area contributed by atoms with Crippen LogP contribution in [-0.2, 0) is 11.3 Å². The molecule has 0 amide bonds. The summed E-state index contributed by atoms with van der Waals surface area (Å²) >= 11 is 0. The van der Waals surface area contributed by atoms with Crippen LogP contribution in [0.1, 0.15) is 32.4 Å². The van der Waals surface area contributed by atoms with Gasteiger partial charge in [-0.2, -0.15) is 4.98 Å². The standard InChI is InChI=1S/C15H22FN5O4/c1-2-3-4-20-8-7-18-14(17)19-12(8)21(15(20)24)13-9(22)5-11(25-13)10(23)6-16/h7,9-11,13,22-23H,2-6H2,1H3,(H2,17,18,19)/t9-,10+,11+,13-/m1/s1. The van der Waals surface area contributed by atoms with Crippen LogP contribution >= 0.6 is 0 Å². The Kier molecular flexibility index (Phi) is 5.02. The fraction of sp³-hybridized carbons (Fsp3) is 0.667. The Morgan fingerprint density at radius 1 is 1.56 bits per heavy atom. The molecule has 2 aromatic heterocycles.